The molecule has 0 aliphatic carbocycles. The summed E-state index contributed by atoms with van der Waals surface area (Å²) in [6.45, 7) is 3.99. The highest BCUT2D eigenvalue weighted by molar-refractivity contribution is 6.13. The first-order valence-electron chi connectivity index (χ1n) is 7.12. The SMILES string of the molecule is COc1ccc2c(C(=O)Nc3cc(C)ccc3C)c[nH]c2c1. The monoisotopic (exact) mass is 294 g/mol. The molecule has 1 amide bonds. The van der Waals surface area contributed by atoms with E-state index >= 15 is 0 Å². The molecule has 1 heterocycles. The van der Waals surface area contributed by atoms with Crippen LogP contribution in [0.2, 0.25) is 0 Å². The molecular formula is C18H18N2O2. The number of carbonyl (C=O) groups is 1. The number of benzene rings is 2. The van der Waals surface area contributed by atoms with E-state index in [1.54, 1.807) is 13.3 Å². The third-order valence-corrected chi connectivity index (χ3v) is 3.77. The Balaban J connectivity index is 1.94. The lowest BCUT2D eigenvalue weighted by molar-refractivity contribution is 0.102. The highest BCUT2D eigenvalue weighted by atomic mass is 16.5. The molecule has 0 aliphatic rings. The number of aromatic amines is 1. The van der Waals surface area contributed by atoms with Crippen LogP contribution in [0.4, 0.5) is 5.69 Å². The van der Waals surface area contributed by atoms with E-state index in [0.717, 1.165) is 33.5 Å². The van der Waals surface area contributed by atoms with Crippen LogP contribution in [-0.2, 0) is 0 Å². The van der Waals surface area contributed by atoms with Crippen LogP contribution < -0.4 is 10.1 Å². The molecule has 2 aromatic carbocycles. The second-order valence-electron chi connectivity index (χ2n) is 5.39. The minimum atomic E-state index is -0.120. The molecule has 0 bridgehead atoms. The Bertz CT molecular complexity index is 849. The lowest BCUT2D eigenvalue weighted by Crippen LogP contribution is -2.12. The predicted octanol–water partition coefficient (Wildman–Crippen LogP) is 4.05. The molecule has 0 atom stereocenters. The number of hydrogen-bond donors (Lipinski definition) is 2. The van der Waals surface area contributed by atoms with Crippen LogP contribution in [0.25, 0.3) is 10.9 Å². The molecule has 3 rings (SSSR count). The molecule has 0 radical (unpaired) electrons. The molecular weight excluding hydrogens is 276 g/mol. The van der Waals surface area contributed by atoms with Gasteiger partial charge in [-0.3, -0.25) is 4.79 Å². The van der Waals surface area contributed by atoms with Crippen molar-refractivity contribution >= 4 is 22.5 Å². The van der Waals surface area contributed by atoms with Gasteiger partial charge in [0.05, 0.1) is 12.7 Å². The summed E-state index contributed by atoms with van der Waals surface area (Å²) >= 11 is 0. The zero-order chi connectivity index (χ0) is 15.7. The Labute approximate surface area is 129 Å². The van der Waals surface area contributed by atoms with Gasteiger partial charge in [-0.05, 0) is 43.2 Å². The van der Waals surface area contributed by atoms with E-state index in [9.17, 15) is 4.79 Å². The molecule has 112 valence electrons. The molecule has 4 nitrogen and oxygen atoms in total. The first kappa shape index (κ1) is 14.2. The zero-order valence-electron chi connectivity index (χ0n) is 12.9. The molecule has 2 N–H and O–H groups in total. The quantitative estimate of drug-likeness (QED) is 0.765. The summed E-state index contributed by atoms with van der Waals surface area (Å²) in [7, 11) is 1.62. The lowest BCUT2D eigenvalue weighted by atomic mass is 10.1. The number of aryl methyl sites for hydroxylation is 2. The summed E-state index contributed by atoms with van der Waals surface area (Å²) in [5.74, 6) is 0.640. The number of carbonyl (C=O) groups excluding carboxylic acids is 1. The number of H-pyrrole nitrogens is 1. The summed E-state index contributed by atoms with van der Waals surface area (Å²) in [4.78, 5) is 15.7. The van der Waals surface area contributed by atoms with Gasteiger partial charge in [0.2, 0.25) is 0 Å². The maximum Gasteiger partial charge on any atom is 0.257 e. The first-order valence-corrected chi connectivity index (χ1v) is 7.12. The van der Waals surface area contributed by atoms with Crippen molar-refractivity contribution in [3.63, 3.8) is 0 Å². The molecule has 4 heteroatoms. The molecule has 0 unspecified atom stereocenters. The van der Waals surface area contributed by atoms with Gasteiger partial charge in [-0.15, -0.1) is 0 Å². The molecule has 1 aromatic heterocycles. The molecule has 0 aliphatic heterocycles. The van der Waals surface area contributed by atoms with Crippen molar-refractivity contribution in [2.75, 3.05) is 12.4 Å². The second kappa shape index (κ2) is 5.56. The number of fused-ring (bicyclic) bond motifs is 1. The highest BCUT2D eigenvalue weighted by Gasteiger charge is 2.13. The Morgan fingerprint density at radius 3 is 2.73 bits per heavy atom. The van der Waals surface area contributed by atoms with Crippen molar-refractivity contribution in [1.29, 1.82) is 0 Å². The van der Waals surface area contributed by atoms with Gasteiger partial charge in [0.25, 0.3) is 5.91 Å². The summed E-state index contributed by atoms with van der Waals surface area (Å²) < 4.78 is 5.20. The van der Waals surface area contributed by atoms with Crippen LogP contribution in [0.1, 0.15) is 21.5 Å². The zero-order valence-corrected chi connectivity index (χ0v) is 12.9. The third kappa shape index (κ3) is 2.55. The van der Waals surface area contributed by atoms with E-state index in [2.05, 4.69) is 10.3 Å². The molecule has 3 aromatic rings. The number of methoxy groups -OCH3 is 1. The average molecular weight is 294 g/mol. The first-order chi connectivity index (χ1) is 10.6. The fourth-order valence-corrected chi connectivity index (χ4v) is 2.48. The number of nitrogens with one attached hydrogen (secondary N) is 2. The topological polar surface area (TPSA) is 54.1 Å². The van der Waals surface area contributed by atoms with Gasteiger partial charge in [0.1, 0.15) is 5.75 Å². The van der Waals surface area contributed by atoms with Crippen molar-refractivity contribution in [1.82, 2.24) is 4.98 Å². The summed E-state index contributed by atoms with van der Waals surface area (Å²) in [5, 5.41) is 3.86. The Morgan fingerprint density at radius 1 is 1.14 bits per heavy atom. The van der Waals surface area contributed by atoms with Gasteiger partial charge in [-0.2, -0.15) is 0 Å². The smallest absolute Gasteiger partial charge is 0.257 e. The summed E-state index contributed by atoms with van der Waals surface area (Å²) in [6.07, 6.45) is 1.73. The third-order valence-electron chi connectivity index (χ3n) is 3.77. The number of ether oxygens (including phenoxy) is 1. The van der Waals surface area contributed by atoms with Gasteiger partial charge in [-0.1, -0.05) is 12.1 Å². The van der Waals surface area contributed by atoms with Crippen LogP contribution in [0.3, 0.4) is 0 Å². The van der Waals surface area contributed by atoms with Crippen LogP contribution in [0, 0.1) is 13.8 Å². The van der Waals surface area contributed by atoms with E-state index in [1.807, 2.05) is 50.2 Å². The number of hydrogen-bond acceptors (Lipinski definition) is 2. The molecule has 0 fully saturated rings. The number of rotatable bonds is 3. The normalized spacial score (nSPS) is 10.7. The van der Waals surface area contributed by atoms with Gasteiger partial charge in [0.15, 0.2) is 0 Å². The largest absolute Gasteiger partial charge is 0.497 e. The fraction of sp³-hybridized carbons (Fsp3) is 0.167. The Morgan fingerprint density at radius 2 is 1.95 bits per heavy atom. The van der Waals surface area contributed by atoms with E-state index < -0.39 is 0 Å². The van der Waals surface area contributed by atoms with Gasteiger partial charge in [0, 0.05) is 28.9 Å². The summed E-state index contributed by atoms with van der Waals surface area (Å²) in [5.41, 5.74) is 4.50. The van der Waals surface area contributed by atoms with Crippen molar-refractivity contribution in [3.05, 3.63) is 59.3 Å². The van der Waals surface area contributed by atoms with Crippen molar-refractivity contribution in [2.45, 2.75) is 13.8 Å². The van der Waals surface area contributed by atoms with Crippen molar-refractivity contribution in [3.8, 4) is 5.75 Å². The van der Waals surface area contributed by atoms with E-state index in [1.165, 1.54) is 0 Å². The van der Waals surface area contributed by atoms with E-state index in [-0.39, 0.29) is 5.91 Å². The Hall–Kier alpha value is -2.75. The van der Waals surface area contributed by atoms with Gasteiger partial charge in [-0.25, -0.2) is 0 Å². The number of aromatic nitrogens is 1. The standard InChI is InChI=1S/C18H18N2O2/c1-11-4-5-12(2)16(8-11)20-18(21)15-10-19-17-9-13(22-3)6-7-14(15)17/h4-10,19H,1-3H3,(H,20,21). The molecule has 0 spiro atoms. The fourth-order valence-electron chi connectivity index (χ4n) is 2.48. The van der Waals surface area contributed by atoms with Crippen molar-refractivity contribution < 1.29 is 9.53 Å². The number of amides is 1. The van der Waals surface area contributed by atoms with Crippen molar-refractivity contribution in [2.24, 2.45) is 0 Å². The van der Waals surface area contributed by atoms with Crippen LogP contribution in [0.5, 0.6) is 5.75 Å². The number of anilines is 1. The maximum atomic E-state index is 12.5. The lowest BCUT2D eigenvalue weighted by Gasteiger charge is -2.09. The summed E-state index contributed by atoms with van der Waals surface area (Å²) in [6, 6.07) is 11.6. The maximum absolute atomic E-state index is 12.5. The minimum absolute atomic E-state index is 0.120. The minimum Gasteiger partial charge on any atom is -0.497 e. The Kier molecular flexibility index (Phi) is 3.59. The molecule has 0 saturated carbocycles. The van der Waals surface area contributed by atoms with E-state index in [0.29, 0.717) is 5.56 Å². The van der Waals surface area contributed by atoms with Gasteiger partial charge >= 0.3 is 0 Å². The second-order valence-corrected chi connectivity index (χ2v) is 5.39. The van der Waals surface area contributed by atoms with Crippen LogP contribution >= 0.6 is 0 Å². The van der Waals surface area contributed by atoms with Gasteiger partial charge < -0.3 is 15.0 Å². The highest BCUT2D eigenvalue weighted by Crippen LogP contribution is 2.24. The van der Waals surface area contributed by atoms with E-state index in [4.69, 9.17) is 4.74 Å². The molecule has 22 heavy (non-hydrogen) atoms. The van der Waals surface area contributed by atoms with Crippen LogP contribution in [0.15, 0.2) is 42.6 Å². The van der Waals surface area contributed by atoms with Crippen LogP contribution in [-0.4, -0.2) is 18.0 Å². The predicted molar refractivity (Wildman–Crippen MR) is 88.7 cm³/mol. The molecule has 0 saturated heterocycles. The average Bonchev–Trinajstić information content (AvgIpc) is 2.93.